The van der Waals surface area contributed by atoms with Crippen LogP contribution in [0.4, 0.5) is 4.39 Å². The summed E-state index contributed by atoms with van der Waals surface area (Å²) in [6, 6.07) is 11.9. The predicted octanol–water partition coefficient (Wildman–Crippen LogP) is 3.45. The monoisotopic (exact) mass is 312 g/mol. The zero-order chi connectivity index (χ0) is 16.4. The maximum Gasteiger partial charge on any atom is 0.361 e. The van der Waals surface area contributed by atoms with Gasteiger partial charge in [0, 0.05) is 5.56 Å². The first-order valence-corrected chi connectivity index (χ1v) is 6.86. The normalized spacial score (nSPS) is 10.5. The first kappa shape index (κ1) is 14.8. The molecule has 0 atom stereocenters. The molecule has 116 valence electrons. The highest BCUT2D eigenvalue weighted by Crippen LogP contribution is 2.30. The Hall–Kier alpha value is -3.15. The molecule has 0 unspecified atom stereocenters. The fourth-order valence-electron chi connectivity index (χ4n) is 2.09. The number of phenols is 1. The van der Waals surface area contributed by atoms with Gasteiger partial charge in [0.2, 0.25) is 0 Å². The number of halogens is 1. The van der Waals surface area contributed by atoms with Crippen LogP contribution in [-0.4, -0.2) is 21.3 Å². The van der Waals surface area contributed by atoms with Gasteiger partial charge in [0.1, 0.15) is 23.0 Å². The van der Waals surface area contributed by atoms with Crippen LogP contribution in [0.3, 0.4) is 0 Å². The third kappa shape index (κ3) is 3.06. The molecule has 3 aromatic rings. The van der Waals surface area contributed by atoms with Gasteiger partial charge in [0.05, 0.1) is 5.69 Å². The third-order valence-corrected chi connectivity index (χ3v) is 3.34. The first-order valence-electron chi connectivity index (χ1n) is 6.86. The number of carbonyl (C=O) groups excluding carboxylic acids is 1. The van der Waals surface area contributed by atoms with Crippen molar-refractivity contribution in [2.24, 2.45) is 0 Å². The summed E-state index contributed by atoms with van der Waals surface area (Å²) in [4.78, 5) is 12.0. The number of benzene rings is 2. The molecule has 0 saturated heterocycles. The second kappa shape index (κ2) is 5.92. The molecular formula is C17H13FN2O3. The molecule has 0 fully saturated rings. The number of para-hydroxylation sites is 1. The molecule has 6 heteroatoms. The van der Waals surface area contributed by atoms with Gasteiger partial charge in [-0.05, 0) is 48.9 Å². The maximum atomic E-state index is 12.8. The van der Waals surface area contributed by atoms with Crippen LogP contribution >= 0.6 is 0 Å². The quantitative estimate of drug-likeness (QED) is 0.574. The molecule has 2 aromatic carbocycles. The van der Waals surface area contributed by atoms with Gasteiger partial charge in [-0.1, -0.05) is 12.1 Å². The van der Waals surface area contributed by atoms with Crippen molar-refractivity contribution in [1.29, 1.82) is 0 Å². The van der Waals surface area contributed by atoms with Crippen molar-refractivity contribution in [3.63, 3.8) is 0 Å². The Bertz CT molecular complexity index is 857. The fraction of sp³-hybridized carbons (Fsp3) is 0.0588. The van der Waals surface area contributed by atoms with E-state index < -0.39 is 11.8 Å². The van der Waals surface area contributed by atoms with E-state index in [9.17, 15) is 14.3 Å². The second-order valence-electron chi connectivity index (χ2n) is 4.98. The highest BCUT2D eigenvalue weighted by Gasteiger charge is 2.15. The summed E-state index contributed by atoms with van der Waals surface area (Å²) in [5.41, 5.74) is 1.78. The number of aromatic nitrogens is 2. The number of nitrogens with one attached hydrogen (secondary N) is 1. The van der Waals surface area contributed by atoms with Crippen LogP contribution in [0.25, 0.3) is 11.3 Å². The molecule has 0 spiro atoms. The largest absolute Gasteiger partial charge is 0.507 e. The number of hydrogen-bond donors (Lipinski definition) is 2. The van der Waals surface area contributed by atoms with Gasteiger partial charge in [-0.15, -0.1) is 0 Å². The summed E-state index contributed by atoms with van der Waals surface area (Å²) in [5, 5.41) is 16.6. The molecule has 1 heterocycles. The van der Waals surface area contributed by atoms with Gasteiger partial charge in [-0.2, -0.15) is 5.10 Å². The lowest BCUT2D eigenvalue weighted by Gasteiger charge is -2.03. The smallest absolute Gasteiger partial charge is 0.361 e. The summed E-state index contributed by atoms with van der Waals surface area (Å²) < 4.78 is 17.9. The zero-order valence-electron chi connectivity index (χ0n) is 12.2. The Morgan fingerprint density at radius 2 is 1.96 bits per heavy atom. The van der Waals surface area contributed by atoms with Crippen molar-refractivity contribution in [3.05, 3.63) is 65.6 Å². The second-order valence-corrected chi connectivity index (χ2v) is 4.98. The number of phenolic OH excluding ortho intramolecular Hbond substituents is 1. The van der Waals surface area contributed by atoms with Crippen LogP contribution in [-0.2, 0) is 0 Å². The lowest BCUT2D eigenvalue weighted by Crippen LogP contribution is -2.08. The molecule has 0 aliphatic heterocycles. The molecule has 0 bridgehead atoms. The lowest BCUT2D eigenvalue weighted by atomic mass is 10.1. The van der Waals surface area contributed by atoms with E-state index in [0.29, 0.717) is 16.8 Å². The number of aryl methyl sites for hydroxylation is 1. The molecule has 0 radical (unpaired) electrons. The number of nitrogens with zero attached hydrogens (tertiary/aromatic N) is 1. The topological polar surface area (TPSA) is 75.2 Å². The van der Waals surface area contributed by atoms with Crippen molar-refractivity contribution in [2.75, 3.05) is 0 Å². The minimum Gasteiger partial charge on any atom is -0.507 e. The Balaban J connectivity index is 1.82. The zero-order valence-corrected chi connectivity index (χ0v) is 12.2. The van der Waals surface area contributed by atoms with Crippen LogP contribution in [0.2, 0.25) is 0 Å². The number of aromatic amines is 1. The standard InChI is InChI=1S/C17H13FN2O3/c1-10-3-2-4-13(16(10)21)14-9-15(20-19-14)17(22)23-12-7-5-11(18)6-8-12/h2-9,21H,1H3,(H,19,20). The van der Waals surface area contributed by atoms with Crippen molar-refractivity contribution in [1.82, 2.24) is 10.2 Å². The Morgan fingerprint density at radius 3 is 2.70 bits per heavy atom. The fourth-order valence-corrected chi connectivity index (χ4v) is 2.09. The number of ether oxygens (including phenoxy) is 1. The minimum absolute atomic E-state index is 0.109. The van der Waals surface area contributed by atoms with Crippen molar-refractivity contribution < 1.29 is 19.0 Å². The van der Waals surface area contributed by atoms with Crippen LogP contribution in [0.5, 0.6) is 11.5 Å². The van der Waals surface area contributed by atoms with Crippen molar-refractivity contribution >= 4 is 5.97 Å². The SMILES string of the molecule is Cc1cccc(-c2cc(C(=O)Oc3ccc(F)cc3)[nH]n2)c1O. The van der Waals surface area contributed by atoms with Crippen molar-refractivity contribution in [3.8, 4) is 22.8 Å². The van der Waals surface area contributed by atoms with E-state index >= 15 is 0 Å². The van der Waals surface area contributed by atoms with E-state index in [1.807, 2.05) is 0 Å². The Kier molecular flexibility index (Phi) is 3.80. The van der Waals surface area contributed by atoms with E-state index in [-0.39, 0.29) is 17.2 Å². The summed E-state index contributed by atoms with van der Waals surface area (Å²) in [5.74, 6) is -0.727. The number of hydrogen-bond acceptors (Lipinski definition) is 4. The maximum absolute atomic E-state index is 12.8. The van der Waals surface area contributed by atoms with Crippen LogP contribution in [0.15, 0.2) is 48.5 Å². The molecule has 0 saturated carbocycles. The highest BCUT2D eigenvalue weighted by molar-refractivity contribution is 5.90. The van der Waals surface area contributed by atoms with E-state index in [4.69, 9.17) is 4.74 Å². The van der Waals surface area contributed by atoms with E-state index in [1.165, 1.54) is 30.3 Å². The Morgan fingerprint density at radius 1 is 1.22 bits per heavy atom. The molecule has 23 heavy (non-hydrogen) atoms. The summed E-state index contributed by atoms with van der Waals surface area (Å²) in [6.45, 7) is 1.77. The van der Waals surface area contributed by atoms with Crippen LogP contribution in [0, 0.1) is 12.7 Å². The number of H-pyrrole nitrogens is 1. The average molecular weight is 312 g/mol. The first-order chi connectivity index (χ1) is 11.0. The van der Waals surface area contributed by atoms with Crippen LogP contribution in [0.1, 0.15) is 16.1 Å². The molecule has 1 aromatic heterocycles. The molecule has 0 aliphatic rings. The Labute approximate surface area is 131 Å². The highest BCUT2D eigenvalue weighted by atomic mass is 19.1. The number of aromatic hydroxyl groups is 1. The number of carbonyl (C=O) groups is 1. The van der Waals surface area contributed by atoms with Gasteiger partial charge >= 0.3 is 5.97 Å². The van der Waals surface area contributed by atoms with E-state index in [2.05, 4.69) is 10.2 Å². The lowest BCUT2D eigenvalue weighted by molar-refractivity contribution is 0.0728. The molecule has 0 aliphatic carbocycles. The van der Waals surface area contributed by atoms with E-state index in [0.717, 1.165) is 0 Å². The molecule has 2 N–H and O–H groups in total. The van der Waals surface area contributed by atoms with Gasteiger partial charge in [-0.3, -0.25) is 5.10 Å². The molecule has 3 rings (SSSR count). The van der Waals surface area contributed by atoms with Gasteiger partial charge < -0.3 is 9.84 Å². The molecule has 0 amide bonds. The third-order valence-electron chi connectivity index (χ3n) is 3.34. The number of rotatable bonds is 3. The van der Waals surface area contributed by atoms with E-state index in [1.54, 1.807) is 25.1 Å². The predicted molar refractivity (Wildman–Crippen MR) is 81.8 cm³/mol. The summed E-state index contributed by atoms with van der Waals surface area (Å²) >= 11 is 0. The van der Waals surface area contributed by atoms with Gasteiger partial charge in [0.15, 0.2) is 0 Å². The van der Waals surface area contributed by atoms with Gasteiger partial charge in [0.25, 0.3) is 0 Å². The van der Waals surface area contributed by atoms with Crippen molar-refractivity contribution in [2.45, 2.75) is 6.92 Å². The number of esters is 1. The van der Waals surface area contributed by atoms with Crippen LogP contribution < -0.4 is 4.74 Å². The van der Waals surface area contributed by atoms with Gasteiger partial charge in [-0.25, -0.2) is 9.18 Å². The average Bonchev–Trinajstić information content (AvgIpc) is 3.02. The molecular weight excluding hydrogens is 299 g/mol. The summed E-state index contributed by atoms with van der Waals surface area (Å²) in [6.07, 6.45) is 0. The minimum atomic E-state index is -0.650. The summed E-state index contributed by atoms with van der Waals surface area (Å²) in [7, 11) is 0. The molecule has 5 nitrogen and oxygen atoms in total.